The maximum Gasteiger partial charge on any atom is 0.396 e. The van der Waals surface area contributed by atoms with E-state index in [1.54, 1.807) is 36.4 Å². The fourth-order valence-electron chi connectivity index (χ4n) is 6.08. The van der Waals surface area contributed by atoms with Gasteiger partial charge >= 0.3 is 15.2 Å². The average molecular weight is 725 g/mol. The molecular weight excluding hydrogens is 686 g/mol. The van der Waals surface area contributed by atoms with Crippen LogP contribution in [0.5, 0.6) is 23.0 Å². The number of ether oxygens (including phenoxy) is 2. The number of fused-ring (bicyclic) bond motifs is 8. The second-order valence-corrected chi connectivity index (χ2v) is 15.2. The van der Waals surface area contributed by atoms with Gasteiger partial charge in [-0.25, -0.2) is 0 Å². The van der Waals surface area contributed by atoms with Crippen molar-refractivity contribution in [1.82, 2.24) is 0 Å². The zero-order valence-corrected chi connectivity index (χ0v) is 29.2. The van der Waals surface area contributed by atoms with Crippen LogP contribution in [0.2, 0.25) is 0 Å². The third kappa shape index (κ3) is 8.02. The number of carbonyl (C=O) groups is 2. The molecule has 6 N–H and O–H groups in total. The molecule has 5 rings (SSSR count). The molecule has 0 spiro atoms. The zero-order chi connectivity index (χ0) is 36.4. The van der Waals surface area contributed by atoms with Gasteiger partial charge in [-0.3, -0.25) is 18.7 Å². The van der Waals surface area contributed by atoms with E-state index in [4.69, 9.17) is 9.47 Å². The fraction of sp³-hybridized carbons (Fsp3) is 0.278. The van der Waals surface area contributed by atoms with Gasteiger partial charge in [0.25, 0.3) is 11.0 Å². The lowest BCUT2D eigenvalue weighted by atomic mass is 9.90. The average Bonchev–Trinajstić information content (AvgIpc) is 3.05. The Kier molecular flexibility index (Phi) is 11.0. The van der Waals surface area contributed by atoms with Gasteiger partial charge in [0.1, 0.15) is 23.0 Å². The number of hydrogen-bond acceptors (Lipinski definition) is 8. The monoisotopic (exact) mass is 724 g/mol. The number of hydrogen-bond donors (Lipinski definition) is 6. The van der Waals surface area contributed by atoms with Gasteiger partial charge < -0.3 is 39.3 Å². The minimum atomic E-state index is -5.19. The first-order valence-electron chi connectivity index (χ1n) is 16.0. The van der Waals surface area contributed by atoms with Crippen LogP contribution in [0.1, 0.15) is 91.9 Å². The first-order chi connectivity index (χ1) is 23.6. The van der Waals surface area contributed by atoms with Crippen LogP contribution >= 0.6 is 15.2 Å². The molecule has 1 aliphatic carbocycles. The van der Waals surface area contributed by atoms with E-state index in [0.29, 0.717) is 46.6 Å². The van der Waals surface area contributed by atoms with Crippen molar-refractivity contribution in [3.8, 4) is 23.0 Å². The van der Waals surface area contributed by atoms with Crippen LogP contribution in [-0.2, 0) is 34.8 Å². The molecule has 0 saturated carbocycles. The number of phenolic OH excluding ortho intramolecular Hbond substituents is 2. The normalized spacial score (nSPS) is 13.1. The Morgan fingerprint density at radius 3 is 1.08 bits per heavy atom. The minimum absolute atomic E-state index is 0.0266. The molecule has 0 amide bonds. The molecule has 1 aliphatic rings. The van der Waals surface area contributed by atoms with Gasteiger partial charge in [-0.2, -0.15) is 0 Å². The van der Waals surface area contributed by atoms with E-state index in [9.17, 15) is 48.5 Å². The highest BCUT2D eigenvalue weighted by atomic mass is 31.2. The zero-order valence-electron chi connectivity index (χ0n) is 27.5. The molecular formula is C36H38O12P2. The Bertz CT molecular complexity index is 1820. The van der Waals surface area contributed by atoms with E-state index in [2.05, 4.69) is 0 Å². The third-order valence-corrected chi connectivity index (χ3v) is 9.91. The van der Waals surface area contributed by atoms with Crippen LogP contribution in [0.4, 0.5) is 0 Å². The number of rotatable bonds is 10. The summed E-state index contributed by atoms with van der Waals surface area (Å²) in [6, 6.07) is 15.3. The van der Waals surface area contributed by atoms with Crippen LogP contribution in [0.3, 0.4) is 0 Å². The Hall–Kier alpha value is -4.28. The van der Waals surface area contributed by atoms with Gasteiger partial charge in [0.15, 0.2) is 0 Å². The number of aromatic hydroxyl groups is 2. The molecule has 0 aromatic heterocycles. The lowest BCUT2D eigenvalue weighted by Crippen LogP contribution is -2.09. The van der Waals surface area contributed by atoms with Gasteiger partial charge in [0.05, 0.1) is 13.2 Å². The van der Waals surface area contributed by atoms with Crippen LogP contribution in [0, 0.1) is 0 Å². The SMILES string of the molecule is CCCOc1c2cccc1Cc1cc(C(=O)P(=O)(O)O)cc(c1O)Cc1cccc(c1OCCC)Cc1cc(C(=O)P(=O)(O)O)cc(c1O)C2. The van der Waals surface area contributed by atoms with E-state index in [1.165, 1.54) is 24.3 Å². The van der Waals surface area contributed by atoms with Crippen molar-refractivity contribution < 1.29 is 58.0 Å². The smallest absolute Gasteiger partial charge is 0.396 e. The third-order valence-electron chi connectivity index (χ3n) is 8.34. The van der Waals surface area contributed by atoms with Crippen molar-refractivity contribution in [2.24, 2.45) is 0 Å². The van der Waals surface area contributed by atoms with Crippen LogP contribution in [0.15, 0.2) is 60.7 Å². The molecule has 0 aliphatic heterocycles. The van der Waals surface area contributed by atoms with E-state index < -0.39 is 26.2 Å². The fourth-order valence-corrected chi connectivity index (χ4v) is 7.01. The summed E-state index contributed by atoms with van der Waals surface area (Å²) in [5.74, 6) is 0.396. The largest absolute Gasteiger partial charge is 0.507 e. The highest BCUT2D eigenvalue weighted by Gasteiger charge is 2.31. The molecule has 0 saturated heterocycles. The minimum Gasteiger partial charge on any atom is -0.507 e. The summed E-state index contributed by atoms with van der Waals surface area (Å²) in [7, 11) is -10.4. The second-order valence-electron chi connectivity index (χ2n) is 12.2. The van der Waals surface area contributed by atoms with Gasteiger partial charge in [-0.05, 0) is 81.6 Å². The van der Waals surface area contributed by atoms with Crippen molar-refractivity contribution in [1.29, 1.82) is 0 Å². The highest BCUT2D eigenvalue weighted by Crippen LogP contribution is 2.44. The molecule has 50 heavy (non-hydrogen) atoms. The van der Waals surface area contributed by atoms with Gasteiger partial charge in [-0.1, -0.05) is 50.2 Å². The predicted octanol–water partition coefficient (Wildman–Crippen LogP) is 5.99. The molecule has 12 nitrogen and oxygen atoms in total. The summed E-state index contributed by atoms with van der Waals surface area (Å²) in [5.41, 5.74) is -0.342. The summed E-state index contributed by atoms with van der Waals surface area (Å²) < 4.78 is 36.5. The maximum absolute atomic E-state index is 12.9. The Morgan fingerprint density at radius 1 is 0.560 bits per heavy atom. The lowest BCUT2D eigenvalue weighted by molar-refractivity contribution is 0.103. The van der Waals surface area contributed by atoms with Crippen molar-refractivity contribution in [3.05, 3.63) is 116 Å². The lowest BCUT2D eigenvalue weighted by Gasteiger charge is -2.21. The summed E-state index contributed by atoms with van der Waals surface area (Å²) in [4.78, 5) is 65.0. The molecule has 0 fully saturated rings. The summed E-state index contributed by atoms with van der Waals surface area (Å²) >= 11 is 0. The van der Waals surface area contributed by atoms with Crippen molar-refractivity contribution in [3.63, 3.8) is 0 Å². The summed E-state index contributed by atoms with van der Waals surface area (Å²) in [5, 5.41) is 23.3. The van der Waals surface area contributed by atoms with Crippen molar-refractivity contribution in [2.75, 3.05) is 13.2 Å². The molecule has 0 radical (unpaired) electrons. The van der Waals surface area contributed by atoms with Crippen molar-refractivity contribution in [2.45, 2.75) is 52.4 Å². The predicted molar refractivity (Wildman–Crippen MR) is 185 cm³/mol. The molecule has 0 unspecified atom stereocenters. The Balaban J connectivity index is 1.83. The number of para-hydroxylation sites is 2. The molecule has 0 atom stereocenters. The van der Waals surface area contributed by atoms with Gasteiger partial charge in [-0.15, -0.1) is 0 Å². The number of benzene rings is 4. The summed E-state index contributed by atoms with van der Waals surface area (Å²) in [6.45, 7) is 4.36. The Morgan fingerprint density at radius 2 is 0.840 bits per heavy atom. The van der Waals surface area contributed by atoms with E-state index in [0.717, 1.165) is 0 Å². The van der Waals surface area contributed by atoms with Crippen LogP contribution < -0.4 is 9.47 Å². The first-order valence-corrected chi connectivity index (χ1v) is 19.2. The highest BCUT2D eigenvalue weighted by molar-refractivity contribution is 7.71. The summed E-state index contributed by atoms with van der Waals surface area (Å²) in [6.07, 6.45) is 1.14. The first kappa shape index (κ1) is 37.0. The molecule has 4 aromatic carbocycles. The van der Waals surface area contributed by atoms with E-state index in [1.807, 2.05) is 13.8 Å². The maximum atomic E-state index is 12.9. The quantitative estimate of drug-likeness (QED) is 0.0919. The topological polar surface area (TPSA) is 208 Å². The number of phenols is 2. The van der Waals surface area contributed by atoms with E-state index in [-0.39, 0.29) is 83.8 Å². The standard InChI is InChI=1S/C36H38O12P2/c1-3-11-47-33-21-7-5-8-22(33)14-26-18-30(36(40)50(44,45)46)20-28(32(26)38)16-24-10-6-9-23(34(24)48-12-4-2)15-27-19-29(35(39)49(41,42)43)17-25(13-21)31(27)37/h5-10,17-20,37-38H,3-4,11-16H2,1-2H3,(H2,41,42,43)(H2,44,45,46). The molecule has 0 heterocycles. The molecule has 14 heteroatoms. The van der Waals surface area contributed by atoms with E-state index >= 15 is 0 Å². The second kappa shape index (κ2) is 14.9. The molecule has 8 bridgehead atoms. The van der Waals surface area contributed by atoms with Crippen LogP contribution in [-0.4, -0.2) is 54.0 Å². The van der Waals surface area contributed by atoms with Crippen LogP contribution in [0.25, 0.3) is 0 Å². The Labute approximate surface area is 288 Å². The molecule has 264 valence electrons. The molecule has 4 aromatic rings. The number of carbonyl (C=O) groups excluding carboxylic acids is 2. The van der Waals surface area contributed by atoms with Gasteiger partial charge in [0, 0.05) is 36.8 Å². The van der Waals surface area contributed by atoms with Gasteiger partial charge in [0.2, 0.25) is 0 Å². The van der Waals surface area contributed by atoms with Crippen molar-refractivity contribution >= 4 is 26.2 Å².